The van der Waals surface area contributed by atoms with Gasteiger partial charge in [-0.1, -0.05) is 0 Å². The molecule has 0 fully saturated rings. The quantitative estimate of drug-likeness (QED) is 0.244. The number of guanidine groups is 1. The Morgan fingerprint density at radius 3 is 3.00 bits per heavy atom. The maximum absolute atomic E-state index is 10.0. The lowest BCUT2D eigenvalue weighted by molar-refractivity contribution is -0.109. The van der Waals surface area contributed by atoms with Crippen LogP contribution >= 0.6 is 0 Å². The normalized spacial score (nSPS) is 14.0. The number of aldehydes is 1. The summed E-state index contributed by atoms with van der Waals surface area (Å²) < 4.78 is 0. The van der Waals surface area contributed by atoms with Crippen molar-refractivity contribution in [3.05, 3.63) is 0 Å². The van der Waals surface area contributed by atoms with E-state index >= 15 is 0 Å². The lowest BCUT2D eigenvalue weighted by atomic mass is 10.2. The van der Waals surface area contributed by atoms with Crippen LogP contribution in [0.15, 0.2) is 4.99 Å². The van der Waals surface area contributed by atoms with Crippen molar-refractivity contribution in [3.63, 3.8) is 0 Å². The van der Waals surface area contributed by atoms with Gasteiger partial charge in [-0.15, -0.1) is 0 Å². The molecule has 0 aliphatic carbocycles. The van der Waals surface area contributed by atoms with Crippen LogP contribution in [0.2, 0.25) is 0 Å². The van der Waals surface area contributed by atoms with Gasteiger partial charge in [0.25, 0.3) is 0 Å². The van der Waals surface area contributed by atoms with Crippen molar-refractivity contribution in [3.8, 4) is 0 Å². The number of aliphatic imine (C=N–C) groups is 1. The highest BCUT2D eigenvalue weighted by Crippen LogP contribution is 1.90. The van der Waals surface area contributed by atoms with Crippen LogP contribution in [0.4, 0.5) is 0 Å². The minimum atomic E-state index is -0.605. The van der Waals surface area contributed by atoms with Crippen LogP contribution in [0.5, 0.6) is 0 Å². The highest BCUT2D eigenvalue weighted by atomic mass is 16.1. The molecule has 1 radical (unpaired) electrons. The Balaban J connectivity index is 3.27. The van der Waals surface area contributed by atoms with E-state index in [0.717, 1.165) is 6.42 Å². The summed E-state index contributed by atoms with van der Waals surface area (Å²) in [4.78, 5) is 13.7. The average molecular weight is 171 g/mol. The van der Waals surface area contributed by atoms with Crippen LogP contribution in [-0.4, -0.2) is 31.9 Å². The fourth-order valence-corrected chi connectivity index (χ4v) is 0.686. The summed E-state index contributed by atoms with van der Waals surface area (Å²) in [5.74, 6) is 0.391. The van der Waals surface area contributed by atoms with E-state index in [2.05, 4.69) is 10.3 Å². The predicted octanol–water partition coefficient (Wildman–Crippen LogP) is -0.849. The second kappa shape index (κ2) is 6.60. The van der Waals surface area contributed by atoms with Crippen molar-refractivity contribution in [2.75, 3.05) is 13.6 Å². The largest absolute Gasteiger partial charge is 0.370 e. The molecule has 0 heterocycles. The minimum Gasteiger partial charge on any atom is -0.370 e. The van der Waals surface area contributed by atoms with Crippen LogP contribution in [-0.2, 0) is 4.79 Å². The first kappa shape index (κ1) is 10.9. The van der Waals surface area contributed by atoms with E-state index in [1.165, 1.54) is 0 Å². The van der Waals surface area contributed by atoms with E-state index in [-0.39, 0.29) is 0 Å². The summed E-state index contributed by atoms with van der Waals surface area (Å²) in [6, 6.07) is -0.605. The van der Waals surface area contributed by atoms with E-state index in [1.54, 1.807) is 7.05 Å². The molecule has 4 N–H and O–H groups in total. The van der Waals surface area contributed by atoms with Gasteiger partial charge in [0.15, 0.2) is 5.96 Å². The first-order valence-corrected chi connectivity index (χ1v) is 3.83. The standard InChI is InChI=1S/C7H15N4O/c1-10-7(9)11-4-2-3-6(8)5-12/h5-6,8H,2-4H2,1H3,(H3,9,10,11). The molecule has 0 saturated heterocycles. The molecule has 0 aromatic carbocycles. The molecule has 0 saturated carbocycles. The second-order valence-corrected chi connectivity index (χ2v) is 2.42. The topological polar surface area (TPSA) is 91.3 Å². The smallest absolute Gasteiger partial charge is 0.188 e. The predicted molar refractivity (Wildman–Crippen MR) is 47.7 cm³/mol. The van der Waals surface area contributed by atoms with Gasteiger partial charge in [-0.2, -0.15) is 0 Å². The Morgan fingerprint density at radius 1 is 1.83 bits per heavy atom. The number of rotatable bonds is 5. The monoisotopic (exact) mass is 171 g/mol. The molecular formula is C7H15N4O. The van der Waals surface area contributed by atoms with Gasteiger partial charge < -0.3 is 15.8 Å². The van der Waals surface area contributed by atoms with Gasteiger partial charge in [0, 0.05) is 13.6 Å². The maximum atomic E-state index is 10.0. The van der Waals surface area contributed by atoms with E-state index in [1.807, 2.05) is 0 Å². The number of hydrogen-bond acceptors (Lipinski definition) is 2. The number of carbonyl (C=O) groups excluding carboxylic acids is 1. The number of nitrogens with zero attached hydrogens (tertiary/aromatic N) is 1. The van der Waals surface area contributed by atoms with Crippen molar-refractivity contribution in [2.45, 2.75) is 18.9 Å². The maximum Gasteiger partial charge on any atom is 0.188 e. The third-order valence-electron chi connectivity index (χ3n) is 1.40. The van der Waals surface area contributed by atoms with Crippen molar-refractivity contribution >= 4 is 12.2 Å². The minimum absolute atomic E-state index is 0.391. The second-order valence-electron chi connectivity index (χ2n) is 2.42. The number of nitrogens with two attached hydrogens (primary N) is 1. The van der Waals surface area contributed by atoms with Gasteiger partial charge in [-0.05, 0) is 12.8 Å². The van der Waals surface area contributed by atoms with Gasteiger partial charge in [0.05, 0.1) is 6.04 Å². The number of nitrogens with one attached hydrogen (secondary N) is 2. The fourth-order valence-electron chi connectivity index (χ4n) is 0.686. The molecule has 5 nitrogen and oxygen atoms in total. The van der Waals surface area contributed by atoms with E-state index in [9.17, 15) is 4.79 Å². The van der Waals surface area contributed by atoms with Crippen molar-refractivity contribution < 1.29 is 4.79 Å². The van der Waals surface area contributed by atoms with E-state index in [0.29, 0.717) is 25.2 Å². The number of carbonyl (C=O) groups is 1. The van der Waals surface area contributed by atoms with E-state index in [4.69, 9.17) is 11.5 Å². The molecule has 69 valence electrons. The van der Waals surface area contributed by atoms with Gasteiger partial charge in [-0.3, -0.25) is 4.99 Å². The van der Waals surface area contributed by atoms with Gasteiger partial charge in [0.1, 0.15) is 6.29 Å². The Morgan fingerprint density at radius 2 is 2.50 bits per heavy atom. The third-order valence-corrected chi connectivity index (χ3v) is 1.40. The summed E-state index contributed by atoms with van der Waals surface area (Å²) in [6.07, 6.45) is 1.95. The van der Waals surface area contributed by atoms with Crippen LogP contribution in [0.3, 0.4) is 0 Å². The molecule has 0 rings (SSSR count). The van der Waals surface area contributed by atoms with Crippen LogP contribution in [0.1, 0.15) is 12.8 Å². The third kappa shape index (κ3) is 5.67. The molecular weight excluding hydrogens is 156 g/mol. The fraction of sp³-hybridized carbons (Fsp3) is 0.714. The zero-order valence-corrected chi connectivity index (χ0v) is 7.21. The summed E-state index contributed by atoms with van der Waals surface area (Å²) in [5.41, 5.74) is 12.4. The van der Waals surface area contributed by atoms with Crippen molar-refractivity contribution in [1.29, 1.82) is 0 Å². The van der Waals surface area contributed by atoms with Crippen LogP contribution in [0, 0.1) is 0 Å². The Hall–Kier alpha value is -1.10. The molecule has 0 aromatic rings. The van der Waals surface area contributed by atoms with Crippen LogP contribution < -0.4 is 16.8 Å². The van der Waals surface area contributed by atoms with Crippen molar-refractivity contribution in [2.24, 2.45) is 10.7 Å². The SMILES string of the molecule is CN=C(N)NCCCC([NH])C=O. The molecule has 0 amide bonds. The molecule has 12 heavy (non-hydrogen) atoms. The first-order chi connectivity index (χ1) is 5.70. The average Bonchev–Trinajstić information content (AvgIpc) is 2.11. The Bertz CT molecular complexity index is 157. The molecule has 0 spiro atoms. The highest BCUT2D eigenvalue weighted by molar-refractivity contribution is 5.77. The Kier molecular flexibility index (Phi) is 6.00. The lowest BCUT2D eigenvalue weighted by Crippen LogP contribution is -2.32. The van der Waals surface area contributed by atoms with Gasteiger partial charge in [0.2, 0.25) is 0 Å². The summed E-state index contributed by atoms with van der Waals surface area (Å²) in [6.45, 7) is 0.659. The van der Waals surface area contributed by atoms with Crippen molar-refractivity contribution in [1.82, 2.24) is 11.1 Å². The zero-order valence-electron chi connectivity index (χ0n) is 7.21. The zero-order chi connectivity index (χ0) is 9.40. The van der Waals surface area contributed by atoms with Gasteiger partial charge >= 0.3 is 0 Å². The molecule has 0 aromatic heterocycles. The molecule has 0 aliphatic heterocycles. The summed E-state index contributed by atoms with van der Waals surface area (Å²) in [7, 11) is 1.60. The molecule has 5 heteroatoms. The number of hydrogen-bond donors (Lipinski definition) is 2. The van der Waals surface area contributed by atoms with Crippen LogP contribution in [0.25, 0.3) is 0 Å². The Labute approximate surface area is 72.2 Å². The molecule has 0 aliphatic rings. The van der Waals surface area contributed by atoms with Gasteiger partial charge in [-0.25, -0.2) is 5.73 Å². The lowest BCUT2D eigenvalue weighted by Gasteiger charge is -2.04. The first-order valence-electron chi connectivity index (χ1n) is 3.83. The molecule has 1 atom stereocenters. The molecule has 1 unspecified atom stereocenters. The molecule has 0 bridgehead atoms. The summed E-state index contributed by atoms with van der Waals surface area (Å²) >= 11 is 0. The highest BCUT2D eigenvalue weighted by Gasteiger charge is 1.99. The summed E-state index contributed by atoms with van der Waals surface area (Å²) in [5, 5.41) is 2.84. The van der Waals surface area contributed by atoms with E-state index < -0.39 is 6.04 Å².